The lowest BCUT2D eigenvalue weighted by Gasteiger charge is -1.85. The van der Waals surface area contributed by atoms with Gasteiger partial charge < -0.3 is 5.11 Å². The van der Waals surface area contributed by atoms with Crippen molar-refractivity contribution in [2.24, 2.45) is 0 Å². The minimum absolute atomic E-state index is 0.0387. The van der Waals surface area contributed by atoms with Crippen LogP contribution in [0.1, 0.15) is 0 Å². The molecule has 0 aliphatic heterocycles. The number of carbonyl (C=O) groups is 1. The summed E-state index contributed by atoms with van der Waals surface area (Å²) >= 11 is 4.45. The van der Waals surface area contributed by atoms with E-state index in [4.69, 9.17) is 5.11 Å². The summed E-state index contributed by atoms with van der Waals surface area (Å²) in [6.07, 6.45) is 0. The minimum Gasteiger partial charge on any atom is -0.396 e. The molecule has 0 rings (SSSR count). The van der Waals surface area contributed by atoms with Crippen molar-refractivity contribution in [1.29, 1.82) is 0 Å². The van der Waals surface area contributed by atoms with E-state index in [1.165, 1.54) is 0 Å². The van der Waals surface area contributed by atoms with Gasteiger partial charge in [-0.1, -0.05) is 24.4 Å². The maximum absolute atomic E-state index is 9.92. The molecule has 0 saturated carbocycles. The number of aliphatic hydroxyl groups excluding tert-OH is 1. The Kier molecular flexibility index (Phi) is 4.70. The Hall–Kier alpha value is 0.330. The number of thiol groups is 1. The molecule has 0 aromatic heterocycles. The van der Waals surface area contributed by atoms with Crippen LogP contribution in [0, 0.1) is 0 Å². The van der Waals surface area contributed by atoms with Crippen LogP contribution in [0.5, 0.6) is 0 Å². The van der Waals surface area contributed by atoms with E-state index in [1.54, 1.807) is 0 Å². The number of hydrogen-bond donors (Lipinski definition) is 2. The fraction of sp³-hybridized carbons (Fsp3) is 0.667. The predicted octanol–water partition coefficient (Wildman–Crippen LogP) is 0.762. The van der Waals surface area contributed by atoms with Crippen LogP contribution in [0.25, 0.3) is 0 Å². The first-order chi connectivity index (χ1) is 3.27. The standard InChI is InChI=1S/C3H6O2S2/c4-1-2-7-3(5)6/h4H,1-2H2,(H,5,6). The zero-order chi connectivity index (χ0) is 5.70. The van der Waals surface area contributed by atoms with E-state index in [1.807, 2.05) is 0 Å². The Morgan fingerprint density at radius 1 is 1.86 bits per heavy atom. The Balaban J connectivity index is 2.82. The Labute approximate surface area is 51.7 Å². The zero-order valence-corrected chi connectivity index (χ0v) is 5.34. The number of carbonyl (C=O) groups excluding carboxylic acids is 1. The number of hydrogen-bond acceptors (Lipinski definition) is 3. The summed E-state index contributed by atoms with van der Waals surface area (Å²) in [6, 6.07) is 0. The van der Waals surface area contributed by atoms with Crippen LogP contribution >= 0.6 is 24.4 Å². The highest BCUT2D eigenvalue weighted by Gasteiger charge is 1.89. The molecule has 0 amide bonds. The SMILES string of the molecule is O=C(S)SCCO. The average molecular weight is 138 g/mol. The maximum Gasteiger partial charge on any atom is 0.243 e. The molecule has 7 heavy (non-hydrogen) atoms. The van der Waals surface area contributed by atoms with Crippen LogP contribution in [0.15, 0.2) is 0 Å². The largest absolute Gasteiger partial charge is 0.396 e. The molecule has 2 nitrogen and oxygen atoms in total. The molecule has 0 atom stereocenters. The summed E-state index contributed by atoms with van der Waals surface area (Å²) in [5, 5.41) is 8.11. The zero-order valence-electron chi connectivity index (χ0n) is 3.63. The molecule has 0 bridgehead atoms. The van der Waals surface area contributed by atoms with Crippen molar-refractivity contribution >= 4 is 28.8 Å². The normalized spacial score (nSPS) is 8.86. The van der Waals surface area contributed by atoms with Crippen LogP contribution < -0.4 is 0 Å². The molecule has 0 radical (unpaired) electrons. The number of aliphatic hydroxyl groups is 1. The van der Waals surface area contributed by atoms with Gasteiger partial charge in [-0.3, -0.25) is 4.79 Å². The molecular formula is C3H6O2S2. The monoisotopic (exact) mass is 138 g/mol. The first kappa shape index (κ1) is 7.33. The summed E-state index contributed by atoms with van der Waals surface area (Å²) in [5.74, 6) is 0.447. The van der Waals surface area contributed by atoms with Gasteiger partial charge in [0.1, 0.15) is 0 Å². The Morgan fingerprint density at radius 3 is 2.57 bits per heavy atom. The van der Waals surface area contributed by atoms with Crippen LogP contribution in [-0.4, -0.2) is 21.9 Å². The van der Waals surface area contributed by atoms with Gasteiger partial charge in [0.25, 0.3) is 0 Å². The number of rotatable bonds is 2. The van der Waals surface area contributed by atoms with Crippen molar-refractivity contribution in [2.75, 3.05) is 12.4 Å². The first-order valence-corrected chi connectivity index (χ1v) is 3.17. The highest BCUT2D eigenvalue weighted by Crippen LogP contribution is 2.04. The number of thioether (sulfide) groups is 1. The van der Waals surface area contributed by atoms with Crippen molar-refractivity contribution in [3.63, 3.8) is 0 Å². The topological polar surface area (TPSA) is 37.3 Å². The second-order valence-electron chi connectivity index (χ2n) is 0.838. The maximum atomic E-state index is 9.92. The molecule has 0 aliphatic carbocycles. The van der Waals surface area contributed by atoms with Crippen molar-refractivity contribution in [2.45, 2.75) is 0 Å². The molecule has 0 aliphatic rings. The van der Waals surface area contributed by atoms with E-state index in [2.05, 4.69) is 12.6 Å². The highest BCUT2D eigenvalue weighted by molar-refractivity contribution is 8.32. The molecule has 1 N–H and O–H groups in total. The van der Waals surface area contributed by atoms with Crippen molar-refractivity contribution in [1.82, 2.24) is 0 Å². The van der Waals surface area contributed by atoms with Crippen LogP contribution in [0.4, 0.5) is 4.79 Å². The smallest absolute Gasteiger partial charge is 0.243 e. The quantitative estimate of drug-likeness (QED) is 0.553. The molecule has 0 fully saturated rings. The van der Waals surface area contributed by atoms with Crippen LogP contribution in [0.2, 0.25) is 0 Å². The second kappa shape index (κ2) is 4.49. The summed E-state index contributed by atoms with van der Waals surface area (Å²) < 4.78 is -0.242. The first-order valence-electron chi connectivity index (χ1n) is 1.74. The van der Waals surface area contributed by atoms with E-state index < -0.39 is 0 Å². The molecular weight excluding hydrogens is 132 g/mol. The van der Waals surface area contributed by atoms with E-state index in [0.717, 1.165) is 11.8 Å². The Bertz CT molecular complexity index is 64.0. The summed E-state index contributed by atoms with van der Waals surface area (Å²) in [7, 11) is 0. The van der Waals surface area contributed by atoms with Gasteiger partial charge in [0, 0.05) is 5.75 Å². The van der Waals surface area contributed by atoms with Gasteiger partial charge in [-0.25, -0.2) is 0 Å². The van der Waals surface area contributed by atoms with Gasteiger partial charge in [-0.15, -0.1) is 0 Å². The molecule has 0 spiro atoms. The van der Waals surface area contributed by atoms with Crippen molar-refractivity contribution in [3.05, 3.63) is 0 Å². The van der Waals surface area contributed by atoms with E-state index in [0.29, 0.717) is 5.75 Å². The molecule has 0 saturated heterocycles. The van der Waals surface area contributed by atoms with Gasteiger partial charge in [-0.2, -0.15) is 0 Å². The predicted molar refractivity (Wildman–Crippen MR) is 33.9 cm³/mol. The van der Waals surface area contributed by atoms with Gasteiger partial charge in [0.2, 0.25) is 4.45 Å². The third-order valence-electron chi connectivity index (χ3n) is 0.317. The summed E-state index contributed by atoms with van der Waals surface area (Å²) in [4.78, 5) is 9.92. The van der Waals surface area contributed by atoms with Crippen LogP contribution in [0.3, 0.4) is 0 Å². The lowest BCUT2D eigenvalue weighted by Crippen LogP contribution is -1.86. The van der Waals surface area contributed by atoms with Gasteiger partial charge >= 0.3 is 0 Å². The van der Waals surface area contributed by atoms with Gasteiger partial charge in [0.05, 0.1) is 6.61 Å². The fourth-order valence-corrected chi connectivity index (χ4v) is 0.673. The van der Waals surface area contributed by atoms with E-state index in [9.17, 15) is 4.79 Å². The molecule has 4 heteroatoms. The molecule has 42 valence electrons. The Morgan fingerprint density at radius 2 is 2.43 bits per heavy atom. The molecule has 0 aromatic carbocycles. The van der Waals surface area contributed by atoms with E-state index >= 15 is 0 Å². The summed E-state index contributed by atoms with van der Waals surface area (Å²) in [6.45, 7) is 0.0387. The molecule has 0 unspecified atom stereocenters. The molecule has 0 heterocycles. The lowest BCUT2D eigenvalue weighted by atomic mass is 10.9. The van der Waals surface area contributed by atoms with Crippen LogP contribution in [-0.2, 0) is 0 Å². The lowest BCUT2D eigenvalue weighted by molar-refractivity contribution is 0.276. The third-order valence-corrected chi connectivity index (χ3v) is 1.34. The van der Waals surface area contributed by atoms with Gasteiger partial charge in [-0.05, 0) is 0 Å². The van der Waals surface area contributed by atoms with Gasteiger partial charge in [0.15, 0.2) is 0 Å². The van der Waals surface area contributed by atoms with E-state index in [-0.39, 0.29) is 11.1 Å². The van der Waals surface area contributed by atoms with Crippen molar-refractivity contribution in [3.8, 4) is 0 Å². The average Bonchev–Trinajstić information content (AvgIpc) is 1.61. The van der Waals surface area contributed by atoms with Crippen molar-refractivity contribution < 1.29 is 9.90 Å². The minimum atomic E-state index is -0.242. The second-order valence-corrected chi connectivity index (χ2v) is 2.61. The summed E-state index contributed by atoms with van der Waals surface area (Å²) in [5.41, 5.74) is 0. The third kappa shape index (κ3) is 6.33. The fourth-order valence-electron chi connectivity index (χ4n) is 0.133. The highest BCUT2D eigenvalue weighted by atomic mass is 32.2. The molecule has 0 aromatic rings.